The van der Waals surface area contributed by atoms with Crippen LogP contribution in [0.2, 0.25) is 0 Å². The van der Waals surface area contributed by atoms with E-state index in [2.05, 4.69) is 4.98 Å². The average Bonchev–Trinajstić information content (AvgIpc) is 3.20. The van der Waals surface area contributed by atoms with Crippen molar-refractivity contribution in [3.8, 4) is 5.75 Å². The molecule has 0 atom stereocenters. The van der Waals surface area contributed by atoms with Crippen molar-refractivity contribution in [2.45, 2.75) is 19.0 Å². The number of benzene rings is 1. The van der Waals surface area contributed by atoms with E-state index < -0.39 is 11.7 Å². The molecule has 4 rings (SSSR count). The van der Waals surface area contributed by atoms with Gasteiger partial charge in [-0.3, -0.25) is 4.79 Å². The van der Waals surface area contributed by atoms with Crippen molar-refractivity contribution in [2.24, 2.45) is 0 Å². The summed E-state index contributed by atoms with van der Waals surface area (Å²) in [5.41, 5.74) is -0.342. The maximum atomic E-state index is 13.3. The second-order valence-corrected chi connectivity index (χ2v) is 6.53. The number of carbonyl (C=O) groups excluding carboxylic acids is 1. The Kier molecular flexibility index (Phi) is 4.41. The molecule has 0 aliphatic carbocycles. The lowest BCUT2D eigenvalue weighted by atomic mass is 10.1. The molecule has 2 aliphatic heterocycles. The number of fused-ring (bicyclic) bond motifs is 1. The number of pyridine rings is 1. The van der Waals surface area contributed by atoms with Crippen molar-refractivity contribution in [3.63, 3.8) is 0 Å². The molecular formula is C19H18F3N3O2. The largest absolute Gasteiger partial charge is 0.489 e. The molecule has 2 aliphatic rings. The van der Waals surface area contributed by atoms with Crippen molar-refractivity contribution in [1.29, 1.82) is 0 Å². The van der Waals surface area contributed by atoms with Crippen molar-refractivity contribution in [3.05, 3.63) is 47.7 Å². The molecule has 3 heterocycles. The Hall–Kier alpha value is -2.77. The monoisotopic (exact) mass is 377 g/mol. The highest BCUT2D eigenvalue weighted by molar-refractivity contribution is 6.10. The molecule has 0 radical (unpaired) electrons. The summed E-state index contributed by atoms with van der Waals surface area (Å²) in [5.74, 6) is -0.0786. The lowest BCUT2D eigenvalue weighted by Crippen LogP contribution is -2.39. The van der Waals surface area contributed by atoms with Crippen LogP contribution in [0, 0.1) is 0 Å². The first kappa shape index (κ1) is 17.6. The molecule has 0 spiro atoms. The van der Waals surface area contributed by atoms with Crippen LogP contribution in [0.15, 0.2) is 36.5 Å². The summed E-state index contributed by atoms with van der Waals surface area (Å²) < 4.78 is 45.2. The van der Waals surface area contributed by atoms with E-state index in [4.69, 9.17) is 4.74 Å². The van der Waals surface area contributed by atoms with E-state index in [1.807, 2.05) is 4.90 Å². The Labute approximate surface area is 154 Å². The average molecular weight is 377 g/mol. The minimum Gasteiger partial charge on any atom is -0.489 e. The Bertz CT molecular complexity index is 864. The zero-order valence-corrected chi connectivity index (χ0v) is 14.5. The molecule has 1 saturated heterocycles. The summed E-state index contributed by atoms with van der Waals surface area (Å²) in [5, 5.41) is 0. The van der Waals surface area contributed by atoms with E-state index in [-0.39, 0.29) is 30.5 Å². The van der Waals surface area contributed by atoms with Gasteiger partial charge in [0, 0.05) is 19.3 Å². The fourth-order valence-electron chi connectivity index (χ4n) is 3.57. The van der Waals surface area contributed by atoms with Gasteiger partial charge in [-0.05, 0) is 37.1 Å². The number of amides is 1. The van der Waals surface area contributed by atoms with Crippen molar-refractivity contribution < 1.29 is 22.7 Å². The van der Waals surface area contributed by atoms with Crippen LogP contribution in [-0.4, -0.2) is 37.1 Å². The Morgan fingerprint density at radius 2 is 1.85 bits per heavy atom. The van der Waals surface area contributed by atoms with Crippen molar-refractivity contribution >= 4 is 17.4 Å². The smallest absolute Gasteiger partial charge is 0.420 e. The number of para-hydroxylation sites is 1. The number of ether oxygens (including phenoxy) is 1. The first-order chi connectivity index (χ1) is 13.0. The maximum absolute atomic E-state index is 13.3. The molecule has 0 unspecified atom stereocenters. The fourth-order valence-corrected chi connectivity index (χ4v) is 3.57. The topological polar surface area (TPSA) is 45.7 Å². The molecule has 0 saturated carbocycles. The van der Waals surface area contributed by atoms with Gasteiger partial charge in [0.2, 0.25) is 0 Å². The van der Waals surface area contributed by atoms with Crippen LogP contribution < -0.4 is 14.5 Å². The Balaban J connectivity index is 1.74. The predicted molar refractivity (Wildman–Crippen MR) is 94.3 cm³/mol. The number of rotatable bonds is 2. The van der Waals surface area contributed by atoms with Crippen molar-refractivity contribution in [1.82, 2.24) is 4.98 Å². The standard InChI is InChI=1S/C19H18F3N3O2/c20-19(21,22)14-6-3-7-15-16(14)27-12-11-25(15)18(26)13-5-4-8-23-17(13)24-9-1-2-10-24/h3-8H,1-2,9-12H2. The molecule has 8 heteroatoms. The van der Waals surface area contributed by atoms with E-state index in [9.17, 15) is 18.0 Å². The number of halogens is 3. The first-order valence-electron chi connectivity index (χ1n) is 8.81. The van der Waals surface area contributed by atoms with Crippen LogP contribution in [0.25, 0.3) is 0 Å². The van der Waals surface area contributed by atoms with Gasteiger partial charge in [-0.2, -0.15) is 13.2 Å². The number of aromatic nitrogens is 1. The lowest BCUT2D eigenvalue weighted by molar-refractivity contribution is -0.139. The zero-order valence-electron chi connectivity index (χ0n) is 14.5. The van der Waals surface area contributed by atoms with E-state index >= 15 is 0 Å². The number of hydrogen-bond donors (Lipinski definition) is 0. The lowest BCUT2D eigenvalue weighted by Gasteiger charge is -2.32. The highest BCUT2D eigenvalue weighted by atomic mass is 19.4. The van der Waals surface area contributed by atoms with E-state index in [0.29, 0.717) is 11.4 Å². The van der Waals surface area contributed by atoms with Gasteiger partial charge in [0.25, 0.3) is 5.91 Å². The van der Waals surface area contributed by atoms with E-state index in [0.717, 1.165) is 32.0 Å². The molecule has 0 bridgehead atoms. The zero-order chi connectivity index (χ0) is 19.0. The molecular weight excluding hydrogens is 359 g/mol. The van der Waals surface area contributed by atoms with Gasteiger partial charge in [0.15, 0.2) is 5.75 Å². The van der Waals surface area contributed by atoms with Gasteiger partial charge in [-0.25, -0.2) is 4.98 Å². The van der Waals surface area contributed by atoms with Crippen LogP contribution in [0.5, 0.6) is 5.75 Å². The summed E-state index contributed by atoms with van der Waals surface area (Å²) in [6.45, 7) is 1.82. The summed E-state index contributed by atoms with van der Waals surface area (Å²) in [6.07, 6.45) is -0.870. The molecule has 1 aromatic heterocycles. The van der Waals surface area contributed by atoms with Crippen LogP contribution in [0.3, 0.4) is 0 Å². The predicted octanol–water partition coefficient (Wildman–Crippen LogP) is 3.74. The van der Waals surface area contributed by atoms with E-state index in [1.165, 1.54) is 17.0 Å². The summed E-state index contributed by atoms with van der Waals surface area (Å²) in [6, 6.07) is 7.08. The molecule has 1 fully saturated rings. The fraction of sp³-hybridized carbons (Fsp3) is 0.368. The minimum atomic E-state index is -4.55. The quantitative estimate of drug-likeness (QED) is 0.800. The molecule has 27 heavy (non-hydrogen) atoms. The molecule has 0 N–H and O–H groups in total. The van der Waals surface area contributed by atoms with Gasteiger partial charge >= 0.3 is 6.18 Å². The number of carbonyl (C=O) groups is 1. The van der Waals surface area contributed by atoms with Crippen LogP contribution >= 0.6 is 0 Å². The molecule has 2 aromatic rings. The second-order valence-electron chi connectivity index (χ2n) is 6.53. The normalized spacial score (nSPS) is 16.9. The highest BCUT2D eigenvalue weighted by Gasteiger charge is 2.38. The molecule has 1 aromatic carbocycles. The first-order valence-corrected chi connectivity index (χ1v) is 8.81. The third-order valence-corrected chi connectivity index (χ3v) is 4.82. The summed E-state index contributed by atoms with van der Waals surface area (Å²) >= 11 is 0. The maximum Gasteiger partial charge on any atom is 0.420 e. The van der Waals surface area contributed by atoms with Crippen LogP contribution in [0.4, 0.5) is 24.7 Å². The summed E-state index contributed by atoms with van der Waals surface area (Å²) in [4.78, 5) is 21.0. The Morgan fingerprint density at radius 1 is 1.07 bits per heavy atom. The number of anilines is 2. The van der Waals surface area contributed by atoms with Gasteiger partial charge in [0.05, 0.1) is 23.4 Å². The number of alkyl halides is 3. The molecule has 142 valence electrons. The van der Waals surface area contributed by atoms with Gasteiger partial charge < -0.3 is 14.5 Å². The molecule has 5 nitrogen and oxygen atoms in total. The van der Waals surface area contributed by atoms with Gasteiger partial charge in [-0.1, -0.05) is 6.07 Å². The Morgan fingerprint density at radius 3 is 2.59 bits per heavy atom. The second kappa shape index (κ2) is 6.75. The molecule has 1 amide bonds. The SMILES string of the molecule is O=C(c1cccnc1N1CCCC1)N1CCOc2c1cccc2C(F)(F)F. The minimum absolute atomic E-state index is 0.00510. The van der Waals surface area contributed by atoms with Gasteiger partial charge in [-0.15, -0.1) is 0 Å². The van der Waals surface area contributed by atoms with Crippen molar-refractivity contribution in [2.75, 3.05) is 36.0 Å². The number of nitrogens with zero attached hydrogens (tertiary/aromatic N) is 3. The number of hydrogen-bond acceptors (Lipinski definition) is 4. The third-order valence-electron chi connectivity index (χ3n) is 4.82. The highest BCUT2D eigenvalue weighted by Crippen LogP contribution is 2.43. The van der Waals surface area contributed by atoms with Crippen LogP contribution in [-0.2, 0) is 6.18 Å². The third kappa shape index (κ3) is 3.20. The van der Waals surface area contributed by atoms with Crippen LogP contribution in [0.1, 0.15) is 28.8 Å². The van der Waals surface area contributed by atoms with E-state index in [1.54, 1.807) is 18.3 Å². The summed E-state index contributed by atoms with van der Waals surface area (Å²) in [7, 11) is 0. The van der Waals surface area contributed by atoms with Gasteiger partial charge in [0.1, 0.15) is 12.4 Å².